The second-order valence-electron chi connectivity index (χ2n) is 7.93. The Morgan fingerprint density at radius 3 is 2.59 bits per heavy atom. The third-order valence-electron chi connectivity index (χ3n) is 5.79. The van der Waals surface area contributed by atoms with Crippen LogP contribution in [0.3, 0.4) is 0 Å². The minimum absolute atomic E-state index is 0.147. The summed E-state index contributed by atoms with van der Waals surface area (Å²) >= 11 is 3.26. The fourth-order valence-electron chi connectivity index (χ4n) is 4.22. The van der Waals surface area contributed by atoms with Crippen molar-refractivity contribution >= 4 is 27.6 Å². The van der Waals surface area contributed by atoms with Crippen molar-refractivity contribution in [1.82, 2.24) is 9.47 Å². The van der Waals surface area contributed by atoms with Crippen LogP contribution in [0.25, 0.3) is 5.69 Å². The highest BCUT2D eigenvalue weighted by atomic mass is 79.9. The molecule has 3 aromatic carbocycles. The van der Waals surface area contributed by atoms with Gasteiger partial charge in [0.1, 0.15) is 5.82 Å². The van der Waals surface area contributed by atoms with E-state index >= 15 is 0 Å². The van der Waals surface area contributed by atoms with E-state index in [-0.39, 0.29) is 17.8 Å². The fourth-order valence-corrected chi connectivity index (χ4v) is 4.55. The van der Waals surface area contributed by atoms with E-state index in [1.807, 2.05) is 67.7 Å². The first-order valence-corrected chi connectivity index (χ1v) is 11.2. The van der Waals surface area contributed by atoms with Crippen molar-refractivity contribution in [3.63, 3.8) is 0 Å². The van der Waals surface area contributed by atoms with E-state index in [0.717, 1.165) is 28.1 Å². The van der Waals surface area contributed by atoms with Gasteiger partial charge < -0.3 is 14.8 Å². The Kier molecular flexibility index (Phi) is 5.31. The van der Waals surface area contributed by atoms with Crippen LogP contribution in [0.15, 0.2) is 89.5 Å². The van der Waals surface area contributed by atoms with Crippen molar-refractivity contribution in [2.24, 2.45) is 0 Å². The lowest BCUT2D eigenvalue weighted by molar-refractivity contribution is 0.194. The average Bonchev–Trinajstić information content (AvgIpc) is 3.21. The van der Waals surface area contributed by atoms with Crippen molar-refractivity contribution < 1.29 is 9.18 Å². The first-order chi connectivity index (χ1) is 15.5. The number of nitrogens with zero attached hydrogens (tertiary/aromatic N) is 2. The van der Waals surface area contributed by atoms with Crippen LogP contribution in [0.2, 0.25) is 0 Å². The topological polar surface area (TPSA) is 37.3 Å². The number of urea groups is 1. The number of fused-ring (bicyclic) bond motifs is 3. The number of nitrogens with one attached hydrogen (secondary N) is 1. The Labute approximate surface area is 194 Å². The molecule has 1 aliphatic rings. The predicted molar refractivity (Wildman–Crippen MR) is 127 cm³/mol. The van der Waals surface area contributed by atoms with Crippen LogP contribution in [-0.4, -0.2) is 15.5 Å². The van der Waals surface area contributed by atoms with E-state index < -0.39 is 5.82 Å². The maximum Gasteiger partial charge on any atom is 0.323 e. The molecule has 1 aromatic heterocycles. The molecule has 0 saturated carbocycles. The van der Waals surface area contributed by atoms with Crippen molar-refractivity contribution in [1.29, 1.82) is 0 Å². The molecule has 5 rings (SSSR count). The molecule has 4 aromatic rings. The van der Waals surface area contributed by atoms with Gasteiger partial charge in [0.05, 0.1) is 24.0 Å². The monoisotopic (exact) mass is 489 g/mol. The third-order valence-corrected chi connectivity index (χ3v) is 6.28. The van der Waals surface area contributed by atoms with Gasteiger partial charge in [-0.1, -0.05) is 64.0 Å². The molecule has 1 N–H and O–H groups in total. The van der Waals surface area contributed by atoms with E-state index in [4.69, 9.17) is 0 Å². The molecule has 32 heavy (non-hydrogen) atoms. The molecule has 1 unspecified atom stereocenters. The molecule has 160 valence electrons. The van der Waals surface area contributed by atoms with Gasteiger partial charge in [-0.2, -0.15) is 0 Å². The molecule has 1 atom stereocenters. The standard InChI is InChI=1S/C26H21BrFN3O/c1-17-8-10-18(11-9-17)25-24-7-4-14-30(24)23-6-3-2-5-19(23)16-31(25)26(32)29-22-13-12-20(27)15-21(22)28/h2-15,25H,16H2,1H3,(H,29,32). The van der Waals surface area contributed by atoms with E-state index in [9.17, 15) is 9.18 Å². The van der Waals surface area contributed by atoms with Crippen LogP contribution in [0.4, 0.5) is 14.9 Å². The minimum Gasteiger partial charge on any atom is -0.318 e. The lowest BCUT2D eigenvalue weighted by atomic mass is 10.0. The van der Waals surface area contributed by atoms with Crippen LogP contribution in [0, 0.1) is 12.7 Å². The van der Waals surface area contributed by atoms with Gasteiger partial charge in [0, 0.05) is 16.4 Å². The number of hydrogen-bond donors (Lipinski definition) is 1. The number of halogens is 2. The van der Waals surface area contributed by atoms with Crippen molar-refractivity contribution in [3.05, 3.63) is 118 Å². The highest BCUT2D eigenvalue weighted by Crippen LogP contribution is 2.37. The summed E-state index contributed by atoms with van der Waals surface area (Å²) in [7, 11) is 0. The number of aryl methyl sites for hydroxylation is 1. The zero-order chi connectivity index (χ0) is 22.2. The molecule has 0 spiro atoms. The zero-order valence-electron chi connectivity index (χ0n) is 17.4. The van der Waals surface area contributed by atoms with Crippen molar-refractivity contribution in [3.8, 4) is 5.69 Å². The normalized spacial score (nSPS) is 15.0. The number of amides is 2. The van der Waals surface area contributed by atoms with E-state index in [1.54, 1.807) is 17.0 Å². The van der Waals surface area contributed by atoms with Crippen LogP contribution in [0.5, 0.6) is 0 Å². The smallest absolute Gasteiger partial charge is 0.318 e. The molecule has 6 heteroatoms. The maximum absolute atomic E-state index is 14.5. The largest absolute Gasteiger partial charge is 0.323 e. The molecule has 0 saturated heterocycles. The molecule has 4 nitrogen and oxygen atoms in total. The number of hydrogen-bond acceptors (Lipinski definition) is 1. The summed E-state index contributed by atoms with van der Waals surface area (Å²) in [5.41, 5.74) is 5.32. The Morgan fingerprint density at radius 1 is 1.03 bits per heavy atom. The first-order valence-electron chi connectivity index (χ1n) is 10.4. The second-order valence-corrected chi connectivity index (χ2v) is 8.84. The van der Waals surface area contributed by atoms with Gasteiger partial charge in [-0.15, -0.1) is 0 Å². The second kappa shape index (κ2) is 8.28. The number of anilines is 1. The number of rotatable bonds is 2. The van der Waals surface area contributed by atoms with Crippen molar-refractivity contribution in [2.75, 3.05) is 5.32 Å². The fraction of sp³-hybridized carbons (Fsp3) is 0.115. The summed E-state index contributed by atoms with van der Waals surface area (Å²) < 4.78 is 17.2. The van der Waals surface area contributed by atoms with Gasteiger partial charge in [-0.25, -0.2) is 9.18 Å². The Hall–Kier alpha value is -3.38. The molecule has 2 heterocycles. The van der Waals surface area contributed by atoms with Gasteiger partial charge >= 0.3 is 6.03 Å². The molecule has 0 radical (unpaired) electrons. The summed E-state index contributed by atoms with van der Waals surface area (Å²) in [6.45, 7) is 2.43. The Balaban J connectivity index is 1.62. The number of carbonyl (C=O) groups excluding carboxylic acids is 1. The Morgan fingerprint density at radius 2 is 1.81 bits per heavy atom. The highest BCUT2D eigenvalue weighted by Gasteiger charge is 2.33. The predicted octanol–water partition coefficient (Wildman–Crippen LogP) is 6.82. The number of aromatic nitrogens is 1. The highest BCUT2D eigenvalue weighted by molar-refractivity contribution is 9.10. The molecule has 1 aliphatic heterocycles. The van der Waals surface area contributed by atoms with Crippen molar-refractivity contribution in [2.45, 2.75) is 19.5 Å². The average molecular weight is 490 g/mol. The lowest BCUT2D eigenvalue weighted by Crippen LogP contribution is -2.38. The summed E-state index contributed by atoms with van der Waals surface area (Å²) in [5, 5.41) is 2.78. The van der Waals surface area contributed by atoms with E-state index in [2.05, 4.69) is 31.9 Å². The maximum atomic E-state index is 14.5. The molecular weight excluding hydrogens is 469 g/mol. The SMILES string of the molecule is Cc1ccc(C2c3cccn3-c3ccccc3CN2C(=O)Nc2ccc(Br)cc2F)cc1. The molecule has 0 fully saturated rings. The van der Waals surface area contributed by atoms with Crippen LogP contribution >= 0.6 is 15.9 Å². The molecular formula is C26H21BrFN3O. The van der Waals surface area contributed by atoms with Crippen LogP contribution in [-0.2, 0) is 6.54 Å². The quantitative estimate of drug-likeness (QED) is 0.329. The lowest BCUT2D eigenvalue weighted by Gasteiger charge is -2.31. The summed E-state index contributed by atoms with van der Waals surface area (Å²) in [6, 6.07) is 24.2. The first kappa shape index (κ1) is 20.5. The van der Waals surface area contributed by atoms with Gasteiger partial charge in [0.25, 0.3) is 0 Å². The number of carbonyl (C=O) groups is 1. The number of benzene rings is 3. The summed E-state index contributed by atoms with van der Waals surface area (Å²) in [6.07, 6.45) is 2.02. The third kappa shape index (κ3) is 3.71. The minimum atomic E-state index is -0.488. The van der Waals surface area contributed by atoms with Crippen LogP contribution in [0.1, 0.15) is 28.4 Å². The zero-order valence-corrected chi connectivity index (χ0v) is 19.0. The Bertz CT molecular complexity index is 1300. The molecule has 0 bridgehead atoms. The van der Waals surface area contributed by atoms with Gasteiger partial charge in [0.2, 0.25) is 0 Å². The van der Waals surface area contributed by atoms with E-state index in [0.29, 0.717) is 11.0 Å². The molecule has 2 amide bonds. The number of para-hydroxylation sites is 1. The summed E-state index contributed by atoms with van der Waals surface area (Å²) in [4.78, 5) is 15.3. The van der Waals surface area contributed by atoms with Gasteiger partial charge in [0.15, 0.2) is 0 Å². The molecule has 0 aliphatic carbocycles. The van der Waals surface area contributed by atoms with Gasteiger partial charge in [-0.05, 0) is 54.4 Å². The summed E-state index contributed by atoms with van der Waals surface area (Å²) in [5.74, 6) is -0.488. The van der Waals surface area contributed by atoms with Crippen LogP contribution < -0.4 is 5.32 Å². The van der Waals surface area contributed by atoms with Gasteiger partial charge in [-0.3, -0.25) is 0 Å². The van der Waals surface area contributed by atoms with E-state index in [1.165, 1.54) is 6.07 Å².